The van der Waals surface area contributed by atoms with Gasteiger partial charge in [-0.25, -0.2) is 4.79 Å². The monoisotopic (exact) mass is 303 g/mol. The second-order valence-electron chi connectivity index (χ2n) is 5.75. The van der Waals surface area contributed by atoms with Crippen LogP contribution < -0.4 is 0 Å². The Hall–Kier alpha value is -2.37. The van der Waals surface area contributed by atoms with Crippen LogP contribution in [0.5, 0.6) is 0 Å². The topological polar surface area (TPSA) is 72.9 Å². The maximum Gasteiger partial charge on any atom is 0.410 e. The second-order valence-corrected chi connectivity index (χ2v) is 5.75. The summed E-state index contributed by atoms with van der Waals surface area (Å²) in [6, 6.07) is 9.45. The van der Waals surface area contributed by atoms with Gasteiger partial charge >= 0.3 is 18.0 Å². The fourth-order valence-electron chi connectivity index (χ4n) is 2.91. The van der Waals surface area contributed by atoms with Gasteiger partial charge in [-0.15, -0.1) is 0 Å². The minimum Gasteiger partial charge on any atom is -0.445 e. The molecule has 0 atom stereocenters. The molecule has 2 aliphatic heterocycles. The Balaban J connectivity index is 1.52. The molecule has 0 radical (unpaired) electrons. The minimum atomic E-state index is -0.729. The van der Waals surface area contributed by atoms with E-state index in [0.717, 1.165) is 5.56 Å². The molecular formula is C16H17NO5. The number of hydrogen-bond donors (Lipinski definition) is 0. The highest BCUT2D eigenvalue weighted by Gasteiger charge is 2.51. The molecule has 1 aromatic rings. The lowest BCUT2D eigenvalue weighted by Gasteiger charge is -2.35. The van der Waals surface area contributed by atoms with Crippen molar-refractivity contribution in [2.45, 2.75) is 25.9 Å². The number of cyclic esters (lactones) is 2. The zero-order valence-electron chi connectivity index (χ0n) is 12.1. The van der Waals surface area contributed by atoms with Crippen molar-refractivity contribution in [2.24, 2.45) is 5.41 Å². The Labute approximate surface area is 128 Å². The number of rotatable bonds is 2. The smallest absolute Gasteiger partial charge is 0.410 e. The Morgan fingerprint density at radius 1 is 1.18 bits per heavy atom. The van der Waals surface area contributed by atoms with Crippen molar-refractivity contribution < 1.29 is 23.9 Å². The van der Waals surface area contributed by atoms with Crippen molar-refractivity contribution in [1.82, 2.24) is 4.90 Å². The molecule has 0 N–H and O–H groups in total. The third-order valence-electron chi connectivity index (χ3n) is 4.31. The number of carbonyl (C=O) groups is 3. The maximum atomic E-state index is 12.0. The lowest BCUT2D eigenvalue weighted by atomic mass is 9.77. The number of piperidine rings is 1. The Morgan fingerprint density at radius 3 is 2.45 bits per heavy atom. The molecule has 1 spiro atoms. The minimum absolute atomic E-state index is 0.124. The van der Waals surface area contributed by atoms with E-state index in [1.54, 1.807) is 4.90 Å². The number of carbonyl (C=O) groups excluding carboxylic acids is 3. The van der Waals surface area contributed by atoms with Crippen molar-refractivity contribution >= 4 is 18.0 Å². The van der Waals surface area contributed by atoms with Gasteiger partial charge in [-0.3, -0.25) is 9.59 Å². The van der Waals surface area contributed by atoms with E-state index in [1.165, 1.54) is 0 Å². The van der Waals surface area contributed by atoms with Crippen molar-refractivity contribution in [3.63, 3.8) is 0 Å². The summed E-state index contributed by atoms with van der Waals surface area (Å²) in [7, 11) is 0. The standard InChI is InChI=1S/C16H17NO5/c18-13-10-16(14(19)22-13)6-8-17(9-7-16)15(20)21-11-12-4-2-1-3-5-12/h1-5H,6-11H2. The second kappa shape index (κ2) is 5.79. The average Bonchev–Trinajstić information content (AvgIpc) is 2.80. The number of nitrogens with zero attached hydrogens (tertiary/aromatic N) is 1. The normalized spacial score (nSPS) is 20.1. The van der Waals surface area contributed by atoms with Crippen LogP contribution in [0.3, 0.4) is 0 Å². The average molecular weight is 303 g/mol. The van der Waals surface area contributed by atoms with Gasteiger partial charge in [-0.2, -0.15) is 0 Å². The van der Waals surface area contributed by atoms with Gasteiger partial charge in [0.25, 0.3) is 0 Å². The molecule has 2 fully saturated rings. The maximum absolute atomic E-state index is 12.0. The molecule has 2 aliphatic rings. The summed E-state index contributed by atoms with van der Waals surface area (Å²) in [5.41, 5.74) is 0.196. The van der Waals surface area contributed by atoms with Crippen LogP contribution in [-0.2, 0) is 25.7 Å². The molecule has 0 unspecified atom stereocenters. The van der Waals surface area contributed by atoms with Gasteiger partial charge < -0.3 is 14.4 Å². The number of hydrogen-bond acceptors (Lipinski definition) is 5. The summed E-state index contributed by atoms with van der Waals surface area (Å²) in [5, 5.41) is 0. The van der Waals surface area contributed by atoms with E-state index >= 15 is 0 Å². The molecule has 1 amide bonds. The molecule has 6 heteroatoms. The fraction of sp³-hybridized carbons (Fsp3) is 0.438. The third kappa shape index (κ3) is 2.81. The lowest BCUT2D eigenvalue weighted by molar-refractivity contribution is -0.156. The first-order valence-electron chi connectivity index (χ1n) is 7.30. The van der Waals surface area contributed by atoms with Gasteiger partial charge in [0, 0.05) is 13.1 Å². The zero-order chi connectivity index (χ0) is 15.6. The molecule has 0 saturated carbocycles. The number of ether oxygens (including phenoxy) is 2. The molecule has 0 bridgehead atoms. The molecule has 0 aliphatic carbocycles. The van der Waals surface area contributed by atoms with E-state index in [0.29, 0.717) is 25.9 Å². The number of amides is 1. The summed E-state index contributed by atoms with van der Waals surface area (Å²) in [6.07, 6.45) is 0.616. The predicted octanol–water partition coefficient (Wildman–Crippen LogP) is 1.88. The van der Waals surface area contributed by atoms with Gasteiger partial charge in [0.2, 0.25) is 0 Å². The molecule has 116 valence electrons. The van der Waals surface area contributed by atoms with Gasteiger partial charge in [0.05, 0.1) is 11.8 Å². The van der Waals surface area contributed by atoms with Gasteiger partial charge in [0.15, 0.2) is 0 Å². The third-order valence-corrected chi connectivity index (χ3v) is 4.31. The first-order valence-corrected chi connectivity index (χ1v) is 7.30. The molecule has 3 rings (SSSR count). The highest BCUT2D eigenvalue weighted by Crippen LogP contribution is 2.40. The lowest BCUT2D eigenvalue weighted by Crippen LogP contribution is -2.45. The van der Waals surface area contributed by atoms with Gasteiger partial charge in [-0.1, -0.05) is 30.3 Å². The molecular weight excluding hydrogens is 286 g/mol. The van der Waals surface area contributed by atoms with E-state index in [1.807, 2.05) is 30.3 Å². The van der Waals surface area contributed by atoms with E-state index < -0.39 is 23.4 Å². The number of esters is 2. The zero-order valence-corrected chi connectivity index (χ0v) is 12.1. The van der Waals surface area contributed by atoms with Crippen molar-refractivity contribution in [3.05, 3.63) is 35.9 Å². The van der Waals surface area contributed by atoms with Crippen molar-refractivity contribution in [1.29, 1.82) is 0 Å². The molecule has 2 saturated heterocycles. The molecule has 6 nitrogen and oxygen atoms in total. The van der Waals surface area contributed by atoms with E-state index in [2.05, 4.69) is 4.74 Å². The fourth-order valence-corrected chi connectivity index (χ4v) is 2.91. The van der Waals surface area contributed by atoms with Crippen LogP contribution in [0.15, 0.2) is 30.3 Å². The van der Waals surface area contributed by atoms with Crippen LogP contribution in [0.1, 0.15) is 24.8 Å². The largest absolute Gasteiger partial charge is 0.445 e. The van der Waals surface area contributed by atoms with Gasteiger partial charge in [-0.05, 0) is 18.4 Å². The van der Waals surface area contributed by atoms with Crippen LogP contribution in [0.4, 0.5) is 4.79 Å². The molecule has 0 aromatic heterocycles. The number of likely N-dealkylation sites (tertiary alicyclic amines) is 1. The quantitative estimate of drug-likeness (QED) is 0.616. The summed E-state index contributed by atoms with van der Waals surface area (Å²) in [4.78, 5) is 36.6. The highest BCUT2D eigenvalue weighted by molar-refractivity contribution is 5.97. The van der Waals surface area contributed by atoms with Crippen LogP contribution in [0.2, 0.25) is 0 Å². The van der Waals surface area contributed by atoms with Crippen molar-refractivity contribution in [2.75, 3.05) is 13.1 Å². The van der Waals surface area contributed by atoms with Crippen LogP contribution in [0.25, 0.3) is 0 Å². The Bertz CT molecular complexity index is 590. The Kier molecular flexibility index (Phi) is 3.83. The van der Waals surface area contributed by atoms with Crippen LogP contribution in [-0.4, -0.2) is 36.0 Å². The molecule has 2 heterocycles. The van der Waals surface area contributed by atoms with Gasteiger partial charge in [0.1, 0.15) is 6.61 Å². The highest BCUT2D eigenvalue weighted by atomic mass is 16.6. The van der Waals surface area contributed by atoms with Crippen molar-refractivity contribution in [3.8, 4) is 0 Å². The summed E-state index contributed by atoms with van der Waals surface area (Å²) < 4.78 is 9.91. The van der Waals surface area contributed by atoms with Crippen LogP contribution >= 0.6 is 0 Å². The summed E-state index contributed by atoms with van der Waals surface area (Å²) >= 11 is 0. The molecule has 1 aromatic carbocycles. The van der Waals surface area contributed by atoms with E-state index in [4.69, 9.17) is 4.74 Å². The summed E-state index contributed by atoms with van der Waals surface area (Å²) in [5.74, 6) is -0.917. The Morgan fingerprint density at radius 2 is 1.86 bits per heavy atom. The first kappa shape index (κ1) is 14.6. The predicted molar refractivity (Wildman–Crippen MR) is 75.6 cm³/mol. The molecule has 22 heavy (non-hydrogen) atoms. The first-order chi connectivity index (χ1) is 10.6. The SMILES string of the molecule is O=C1CC2(CCN(C(=O)OCc3ccccc3)CC2)C(=O)O1. The number of benzene rings is 1. The van der Waals surface area contributed by atoms with E-state index in [-0.39, 0.29) is 13.0 Å². The summed E-state index contributed by atoms with van der Waals surface area (Å²) in [6.45, 7) is 1.02. The van der Waals surface area contributed by atoms with E-state index in [9.17, 15) is 14.4 Å². The van der Waals surface area contributed by atoms with Crippen LogP contribution in [0, 0.1) is 5.41 Å².